The summed E-state index contributed by atoms with van der Waals surface area (Å²) in [6, 6.07) is 21.6. The first-order valence-electron chi connectivity index (χ1n) is 9.69. The van der Waals surface area contributed by atoms with Crippen LogP contribution in [0, 0.1) is 23.2 Å². The summed E-state index contributed by atoms with van der Waals surface area (Å²) in [5, 5.41) is 22.0. The van der Waals surface area contributed by atoms with Crippen LogP contribution >= 0.6 is 23.2 Å². The maximum atomic E-state index is 11.7. The van der Waals surface area contributed by atoms with E-state index < -0.39 is 5.60 Å². The Kier molecular flexibility index (Phi) is 6.04. The first kappa shape index (κ1) is 21.7. The molecule has 1 aromatic heterocycles. The largest absolute Gasteiger partial charge is 0.368 e. The lowest BCUT2D eigenvalue weighted by molar-refractivity contribution is 0.137. The van der Waals surface area contributed by atoms with Crippen molar-refractivity contribution in [3.63, 3.8) is 0 Å². The monoisotopic (exact) mass is 457 g/mol. The lowest BCUT2D eigenvalue weighted by Crippen LogP contribution is -2.28. The van der Waals surface area contributed by atoms with Crippen molar-refractivity contribution in [1.29, 1.82) is 5.26 Å². The molecule has 6 heteroatoms. The Hall–Kier alpha value is -3.54. The molecule has 0 aliphatic heterocycles. The third kappa shape index (κ3) is 4.26. The molecule has 4 nitrogen and oxygen atoms in total. The molecule has 1 unspecified atom stereocenters. The minimum atomic E-state index is -1.65. The highest BCUT2D eigenvalue weighted by Crippen LogP contribution is 2.31. The van der Waals surface area contributed by atoms with Crippen LogP contribution in [0.25, 0.3) is 11.1 Å². The van der Waals surface area contributed by atoms with Crippen LogP contribution in [0.15, 0.2) is 79.3 Å². The molecule has 1 heterocycles. The van der Waals surface area contributed by atoms with Gasteiger partial charge in [0.2, 0.25) is 0 Å². The average molecular weight is 458 g/mol. The highest BCUT2D eigenvalue weighted by atomic mass is 35.5. The van der Waals surface area contributed by atoms with Crippen molar-refractivity contribution in [1.82, 2.24) is 9.55 Å². The summed E-state index contributed by atoms with van der Waals surface area (Å²) in [7, 11) is 1.79. The Bertz CT molecular complexity index is 1390. The molecule has 4 rings (SSSR count). The van der Waals surface area contributed by atoms with Crippen LogP contribution in [-0.4, -0.2) is 14.7 Å². The topological polar surface area (TPSA) is 61.8 Å². The van der Waals surface area contributed by atoms with E-state index in [1.54, 1.807) is 60.5 Å². The smallest absolute Gasteiger partial charge is 0.193 e. The van der Waals surface area contributed by atoms with Gasteiger partial charge in [-0.1, -0.05) is 59.3 Å². The zero-order chi connectivity index (χ0) is 22.7. The number of nitrogens with zero attached hydrogens (tertiary/aromatic N) is 3. The number of rotatable bonds is 3. The SMILES string of the molecule is Cn1cncc1C(O)(C#Cc1ccc(Cl)cc1-c1cccc(Cl)c1)c1ccc(C#N)cc1. The lowest BCUT2D eigenvalue weighted by atomic mass is 9.89. The van der Waals surface area contributed by atoms with Crippen LogP contribution in [-0.2, 0) is 12.6 Å². The highest BCUT2D eigenvalue weighted by Gasteiger charge is 2.32. The van der Waals surface area contributed by atoms with Crippen molar-refractivity contribution in [3.05, 3.63) is 112 Å². The van der Waals surface area contributed by atoms with E-state index in [1.807, 2.05) is 30.3 Å². The van der Waals surface area contributed by atoms with Crippen LogP contribution < -0.4 is 0 Å². The summed E-state index contributed by atoms with van der Waals surface area (Å²) >= 11 is 12.4. The van der Waals surface area contributed by atoms with E-state index in [1.165, 1.54) is 0 Å². The second kappa shape index (κ2) is 8.91. The van der Waals surface area contributed by atoms with Gasteiger partial charge in [-0.05, 0) is 53.6 Å². The van der Waals surface area contributed by atoms with E-state index in [2.05, 4.69) is 22.9 Å². The minimum Gasteiger partial charge on any atom is -0.368 e. The van der Waals surface area contributed by atoms with Gasteiger partial charge in [0, 0.05) is 28.2 Å². The molecule has 0 radical (unpaired) electrons. The van der Waals surface area contributed by atoms with Crippen molar-refractivity contribution >= 4 is 23.2 Å². The number of aliphatic hydroxyl groups is 1. The molecule has 0 fully saturated rings. The summed E-state index contributed by atoms with van der Waals surface area (Å²) in [4.78, 5) is 4.14. The Labute approximate surface area is 196 Å². The van der Waals surface area contributed by atoms with Crippen molar-refractivity contribution in [3.8, 4) is 29.0 Å². The minimum absolute atomic E-state index is 0.495. The van der Waals surface area contributed by atoms with Gasteiger partial charge in [-0.2, -0.15) is 5.26 Å². The average Bonchev–Trinajstić information content (AvgIpc) is 3.24. The summed E-state index contributed by atoms with van der Waals surface area (Å²) in [6.45, 7) is 0. The van der Waals surface area contributed by atoms with Crippen LogP contribution in [0.1, 0.15) is 22.4 Å². The van der Waals surface area contributed by atoms with Gasteiger partial charge < -0.3 is 9.67 Å². The summed E-state index contributed by atoms with van der Waals surface area (Å²) < 4.78 is 1.71. The van der Waals surface area contributed by atoms with E-state index in [4.69, 9.17) is 28.5 Å². The summed E-state index contributed by atoms with van der Waals surface area (Å²) in [5.74, 6) is 6.17. The number of hydrogen-bond acceptors (Lipinski definition) is 3. The standard InChI is InChI=1S/C26H17Cl2N3O/c1-31-17-30-16-25(31)26(32,21-8-5-18(15-29)6-9-21)12-11-19-7-10-23(28)14-24(19)20-3-2-4-22(27)13-20/h2-10,13-14,16-17,32H,1H3. The fourth-order valence-corrected chi connectivity index (χ4v) is 3.82. The third-order valence-corrected chi connectivity index (χ3v) is 5.58. The molecule has 0 aliphatic carbocycles. The second-order valence-corrected chi connectivity index (χ2v) is 8.11. The van der Waals surface area contributed by atoms with E-state index in [0.29, 0.717) is 32.4 Å². The van der Waals surface area contributed by atoms with Gasteiger partial charge in [0.1, 0.15) is 0 Å². The Balaban J connectivity index is 1.88. The highest BCUT2D eigenvalue weighted by molar-refractivity contribution is 6.31. The number of hydrogen-bond donors (Lipinski definition) is 1. The van der Waals surface area contributed by atoms with Gasteiger partial charge in [-0.25, -0.2) is 4.98 Å². The van der Waals surface area contributed by atoms with Crippen molar-refractivity contribution < 1.29 is 5.11 Å². The maximum absolute atomic E-state index is 11.7. The number of nitriles is 1. The molecule has 0 amide bonds. The summed E-state index contributed by atoms with van der Waals surface area (Å²) in [6.07, 6.45) is 3.18. The van der Waals surface area contributed by atoms with Crippen LogP contribution in [0.3, 0.4) is 0 Å². The first-order chi connectivity index (χ1) is 15.4. The van der Waals surface area contributed by atoms with Crippen molar-refractivity contribution in [2.45, 2.75) is 5.60 Å². The molecule has 1 atom stereocenters. The molecule has 156 valence electrons. The van der Waals surface area contributed by atoms with Crippen molar-refractivity contribution in [2.24, 2.45) is 7.05 Å². The molecule has 0 saturated heterocycles. The molecule has 4 aromatic rings. The van der Waals surface area contributed by atoms with E-state index in [-0.39, 0.29) is 0 Å². The van der Waals surface area contributed by atoms with E-state index in [0.717, 1.165) is 11.1 Å². The first-order valence-corrected chi connectivity index (χ1v) is 10.4. The predicted molar refractivity (Wildman–Crippen MR) is 126 cm³/mol. The molecular weight excluding hydrogens is 441 g/mol. The maximum Gasteiger partial charge on any atom is 0.193 e. The summed E-state index contributed by atoms with van der Waals surface area (Å²) in [5.41, 5.74) is 2.25. The van der Waals surface area contributed by atoms with Gasteiger partial charge >= 0.3 is 0 Å². The normalized spacial score (nSPS) is 12.3. The predicted octanol–water partition coefficient (Wildman–Crippen LogP) is 5.55. The molecule has 32 heavy (non-hydrogen) atoms. The third-order valence-electron chi connectivity index (χ3n) is 5.11. The number of aryl methyl sites for hydroxylation is 1. The van der Waals surface area contributed by atoms with Crippen LogP contribution in [0.4, 0.5) is 0 Å². The van der Waals surface area contributed by atoms with Crippen LogP contribution in [0.5, 0.6) is 0 Å². The Morgan fingerprint density at radius 2 is 1.75 bits per heavy atom. The van der Waals surface area contributed by atoms with Gasteiger partial charge in [-0.3, -0.25) is 0 Å². The molecule has 0 aliphatic rings. The van der Waals surface area contributed by atoms with E-state index in [9.17, 15) is 5.11 Å². The number of imidazole rings is 1. The molecular formula is C26H17Cl2N3O. The zero-order valence-corrected chi connectivity index (χ0v) is 18.6. The van der Waals surface area contributed by atoms with Crippen molar-refractivity contribution in [2.75, 3.05) is 0 Å². The quantitative estimate of drug-likeness (QED) is 0.410. The lowest BCUT2D eigenvalue weighted by Gasteiger charge is -2.23. The second-order valence-electron chi connectivity index (χ2n) is 7.24. The van der Waals surface area contributed by atoms with Gasteiger partial charge in [-0.15, -0.1) is 0 Å². The molecule has 1 N–H and O–H groups in total. The Morgan fingerprint density at radius 1 is 1.00 bits per heavy atom. The zero-order valence-electron chi connectivity index (χ0n) is 17.1. The number of benzene rings is 3. The molecule has 0 bridgehead atoms. The molecule has 3 aromatic carbocycles. The van der Waals surface area contributed by atoms with Crippen LogP contribution in [0.2, 0.25) is 10.0 Å². The van der Waals surface area contributed by atoms with E-state index >= 15 is 0 Å². The fraction of sp³-hybridized carbons (Fsp3) is 0.0769. The van der Waals surface area contributed by atoms with Gasteiger partial charge in [0.25, 0.3) is 0 Å². The Morgan fingerprint density at radius 3 is 2.41 bits per heavy atom. The molecule has 0 saturated carbocycles. The number of aromatic nitrogens is 2. The number of halogens is 2. The fourth-order valence-electron chi connectivity index (χ4n) is 3.45. The van der Waals surface area contributed by atoms with Gasteiger partial charge in [0.05, 0.1) is 29.9 Å². The molecule has 0 spiro atoms. The van der Waals surface area contributed by atoms with Gasteiger partial charge in [0.15, 0.2) is 5.60 Å².